The van der Waals surface area contributed by atoms with Crippen LogP contribution in [0, 0.1) is 12.8 Å². The highest BCUT2D eigenvalue weighted by Crippen LogP contribution is 2.25. The Balaban J connectivity index is 1.85. The van der Waals surface area contributed by atoms with E-state index in [0.29, 0.717) is 5.92 Å². The number of aryl methyl sites for hydroxylation is 1. The molecule has 1 fully saturated rings. The van der Waals surface area contributed by atoms with Crippen molar-refractivity contribution in [2.24, 2.45) is 11.7 Å². The fraction of sp³-hybridized carbons (Fsp3) is 0.412. The molecule has 1 aromatic carbocycles. The zero-order valence-electron chi connectivity index (χ0n) is 12.8. The van der Waals surface area contributed by atoms with Gasteiger partial charge in [0.15, 0.2) is 5.82 Å². The van der Waals surface area contributed by atoms with Gasteiger partial charge in [0.1, 0.15) is 5.82 Å². The fourth-order valence-corrected chi connectivity index (χ4v) is 2.97. The molecule has 0 unspecified atom stereocenters. The summed E-state index contributed by atoms with van der Waals surface area (Å²) in [6.07, 6.45) is 2.27. The van der Waals surface area contributed by atoms with E-state index in [0.717, 1.165) is 60.4 Å². The minimum atomic E-state index is 0.648. The van der Waals surface area contributed by atoms with Crippen molar-refractivity contribution in [1.29, 1.82) is 0 Å². The standard InChI is InChI=1S/C17H21ClN4/c1-12-10-16(22-8-6-13(11-19)7-9-22)21-17(20-12)14-2-4-15(18)5-3-14/h2-5,10,13H,6-9,11,19H2,1H3. The first-order valence-corrected chi connectivity index (χ1v) is 8.10. The molecule has 22 heavy (non-hydrogen) atoms. The van der Waals surface area contributed by atoms with Crippen LogP contribution in [0.3, 0.4) is 0 Å². The first kappa shape index (κ1) is 15.3. The van der Waals surface area contributed by atoms with Crippen molar-refractivity contribution in [3.63, 3.8) is 0 Å². The highest BCUT2D eigenvalue weighted by atomic mass is 35.5. The largest absolute Gasteiger partial charge is 0.356 e. The van der Waals surface area contributed by atoms with Crippen LogP contribution >= 0.6 is 11.6 Å². The Labute approximate surface area is 136 Å². The normalized spacial score (nSPS) is 16.0. The van der Waals surface area contributed by atoms with E-state index in [-0.39, 0.29) is 0 Å². The van der Waals surface area contributed by atoms with E-state index < -0.39 is 0 Å². The monoisotopic (exact) mass is 316 g/mol. The van der Waals surface area contributed by atoms with E-state index in [2.05, 4.69) is 16.0 Å². The van der Waals surface area contributed by atoms with Gasteiger partial charge >= 0.3 is 0 Å². The average molecular weight is 317 g/mol. The first-order chi connectivity index (χ1) is 10.7. The zero-order valence-corrected chi connectivity index (χ0v) is 13.6. The first-order valence-electron chi connectivity index (χ1n) is 7.72. The minimum absolute atomic E-state index is 0.648. The van der Waals surface area contributed by atoms with Gasteiger partial charge in [-0.2, -0.15) is 0 Å². The van der Waals surface area contributed by atoms with Crippen LogP contribution in [0.2, 0.25) is 5.02 Å². The third-order valence-electron chi connectivity index (χ3n) is 4.21. The quantitative estimate of drug-likeness (QED) is 0.944. The molecule has 2 N–H and O–H groups in total. The minimum Gasteiger partial charge on any atom is -0.356 e. The topological polar surface area (TPSA) is 55.0 Å². The third-order valence-corrected chi connectivity index (χ3v) is 4.47. The maximum atomic E-state index is 5.95. The lowest BCUT2D eigenvalue weighted by atomic mass is 9.97. The molecule has 0 atom stereocenters. The molecular weight excluding hydrogens is 296 g/mol. The lowest BCUT2D eigenvalue weighted by Crippen LogP contribution is -2.36. The molecule has 5 heteroatoms. The summed E-state index contributed by atoms with van der Waals surface area (Å²) in [5.74, 6) is 2.41. The number of anilines is 1. The van der Waals surface area contributed by atoms with Crippen molar-refractivity contribution in [3.8, 4) is 11.4 Å². The van der Waals surface area contributed by atoms with Crippen LogP contribution in [0.4, 0.5) is 5.82 Å². The molecule has 116 valence electrons. The number of hydrogen-bond acceptors (Lipinski definition) is 4. The highest BCUT2D eigenvalue weighted by Gasteiger charge is 2.20. The van der Waals surface area contributed by atoms with Gasteiger partial charge in [-0.25, -0.2) is 9.97 Å². The van der Waals surface area contributed by atoms with Crippen LogP contribution in [0.15, 0.2) is 30.3 Å². The molecule has 0 amide bonds. The number of aromatic nitrogens is 2. The molecule has 2 aromatic rings. The summed E-state index contributed by atoms with van der Waals surface area (Å²) < 4.78 is 0. The van der Waals surface area contributed by atoms with E-state index in [1.807, 2.05) is 31.2 Å². The predicted molar refractivity (Wildman–Crippen MR) is 91.2 cm³/mol. The Morgan fingerprint density at radius 2 is 1.86 bits per heavy atom. The van der Waals surface area contributed by atoms with Gasteiger partial charge in [-0.05, 0) is 56.5 Å². The Kier molecular flexibility index (Phi) is 4.60. The lowest BCUT2D eigenvalue weighted by Gasteiger charge is -2.32. The molecule has 0 bridgehead atoms. The smallest absolute Gasteiger partial charge is 0.161 e. The number of rotatable bonds is 3. The number of nitrogens with zero attached hydrogens (tertiary/aromatic N) is 3. The molecule has 0 radical (unpaired) electrons. The summed E-state index contributed by atoms with van der Waals surface area (Å²) in [5.41, 5.74) is 7.74. The molecule has 0 spiro atoms. The second kappa shape index (κ2) is 6.63. The van der Waals surface area contributed by atoms with Crippen LogP contribution in [0.5, 0.6) is 0 Å². The molecule has 1 aliphatic rings. The molecule has 1 saturated heterocycles. The van der Waals surface area contributed by atoms with Crippen LogP contribution in [0.25, 0.3) is 11.4 Å². The second-order valence-corrected chi connectivity index (χ2v) is 6.30. The van der Waals surface area contributed by atoms with Gasteiger partial charge < -0.3 is 10.6 Å². The number of halogens is 1. The predicted octanol–water partition coefficient (Wildman–Crippen LogP) is 3.28. The molecule has 4 nitrogen and oxygen atoms in total. The molecule has 0 saturated carbocycles. The fourth-order valence-electron chi connectivity index (χ4n) is 2.84. The molecule has 1 aromatic heterocycles. The second-order valence-electron chi connectivity index (χ2n) is 5.86. The Morgan fingerprint density at radius 3 is 2.50 bits per heavy atom. The van der Waals surface area contributed by atoms with E-state index in [1.54, 1.807) is 0 Å². The maximum absolute atomic E-state index is 5.95. The van der Waals surface area contributed by atoms with Crippen molar-refractivity contribution >= 4 is 17.4 Å². The molecule has 3 rings (SSSR count). The van der Waals surface area contributed by atoms with Crippen molar-refractivity contribution in [2.45, 2.75) is 19.8 Å². The summed E-state index contributed by atoms with van der Waals surface area (Å²) in [4.78, 5) is 11.6. The van der Waals surface area contributed by atoms with Gasteiger partial charge in [0, 0.05) is 35.4 Å². The van der Waals surface area contributed by atoms with Crippen LogP contribution < -0.4 is 10.6 Å². The third kappa shape index (κ3) is 3.39. The van der Waals surface area contributed by atoms with Gasteiger partial charge in [0.2, 0.25) is 0 Å². The van der Waals surface area contributed by atoms with Crippen molar-refractivity contribution in [2.75, 3.05) is 24.5 Å². The van der Waals surface area contributed by atoms with Crippen molar-refractivity contribution < 1.29 is 0 Å². The Morgan fingerprint density at radius 1 is 1.18 bits per heavy atom. The maximum Gasteiger partial charge on any atom is 0.161 e. The number of piperidine rings is 1. The van der Waals surface area contributed by atoms with Gasteiger partial charge in [0.25, 0.3) is 0 Å². The number of benzene rings is 1. The van der Waals surface area contributed by atoms with E-state index in [4.69, 9.17) is 22.3 Å². The van der Waals surface area contributed by atoms with E-state index in [1.165, 1.54) is 0 Å². The summed E-state index contributed by atoms with van der Waals surface area (Å²) in [6, 6.07) is 9.72. The average Bonchev–Trinajstić information content (AvgIpc) is 2.55. The Bertz CT molecular complexity index is 634. The van der Waals surface area contributed by atoms with Crippen LogP contribution in [-0.4, -0.2) is 29.6 Å². The zero-order chi connectivity index (χ0) is 15.5. The van der Waals surface area contributed by atoms with Gasteiger partial charge in [-0.1, -0.05) is 11.6 Å². The Hall–Kier alpha value is -1.65. The summed E-state index contributed by atoms with van der Waals surface area (Å²) in [5, 5.41) is 0.723. The summed E-state index contributed by atoms with van der Waals surface area (Å²) in [7, 11) is 0. The van der Waals surface area contributed by atoms with Crippen molar-refractivity contribution in [1.82, 2.24) is 9.97 Å². The molecule has 0 aliphatic carbocycles. The number of hydrogen-bond donors (Lipinski definition) is 1. The number of nitrogens with two attached hydrogens (primary N) is 1. The van der Waals surface area contributed by atoms with Gasteiger partial charge in [-0.3, -0.25) is 0 Å². The molecule has 1 aliphatic heterocycles. The molecular formula is C17H21ClN4. The van der Waals surface area contributed by atoms with E-state index >= 15 is 0 Å². The van der Waals surface area contributed by atoms with Gasteiger partial charge in [-0.15, -0.1) is 0 Å². The summed E-state index contributed by atoms with van der Waals surface area (Å²) >= 11 is 5.95. The SMILES string of the molecule is Cc1cc(N2CCC(CN)CC2)nc(-c2ccc(Cl)cc2)n1. The van der Waals surface area contributed by atoms with Crippen LogP contribution in [-0.2, 0) is 0 Å². The summed E-state index contributed by atoms with van der Waals surface area (Å²) in [6.45, 7) is 4.82. The molecule has 2 heterocycles. The van der Waals surface area contributed by atoms with Crippen LogP contribution in [0.1, 0.15) is 18.5 Å². The van der Waals surface area contributed by atoms with Crippen molar-refractivity contribution in [3.05, 3.63) is 41.0 Å². The highest BCUT2D eigenvalue weighted by molar-refractivity contribution is 6.30. The van der Waals surface area contributed by atoms with Gasteiger partial charge in [0.05, 0.1) is 0 Å². The lowest BCUT2D eigenvalue weighted by molar-refractivity contribution is 0.413. The van der Waals surface area contributed by atoms with E-state index in [9.17, 15) is 0 Å².